The van der Waals surface area contributed by atoms with Crippen LogP contribution in [0.25, 0.3) is 33.3 Å². The van der Waals surface area contributed by atoms with Crippen molar-refractivity contribution >= 4 is 44.9 Å². The number of aryl methyl sites for hydroxylation is 2. The Kier molecular flexibility index (Phi) is 10.9. The van der Waals surface area contributed by atoms with Crippen molar-refractivity contribution in [2.45, 2.75) is 59.0 Å². The van der Waals surface area contributed by atoms with E-state index in [9.17, 15) is 14.4 Å². The molecule has 0 aliphatic heterocycles. The number of aromatic amines is 1. The number of hydrogen-bond acceptors (Lipinski definition) is 10. The highest BCUT2D eigenvalue weighted by Crippen LogP contribution is 2.50. The third kappa shape index (κ3) is 7.25. The number of ether oxygens (including phenoxy) is 4. The lowest BCUT2D eigenvalue weighted by Gasteiger charge is -2.23. The molecule has 0 saturated carbocycles. The number of thiazole rings is 1. The molecule has 12 nitrogen and oxygen atoms in total. The third-order valence-electron chi connectivity index (χ3n) is 9.91. The highest BCUT2D eigenvalue weighted by atomic mass is 32.1. The van der Waals surface area contributed by atoms with Crippen LogP contribution in [0, 0.1) is 12.8 Å². The number of benzene rings is 2. The van der Waals surface area contributed by atoms with Gasteiger partial charge in [-0.3, -0.25) is 14.4 Å². The number of rotatable bonds is 12. The molecule has 0 saturated heterocycles. The molecule has 53 heavy (non-hydrogen) atoms. The summed E-state index contributed by atoms with van der Waals surface area (Å²) < 4.78 is 22.7. The summed E-state index contributed by atoms with van der Waals surface area (Å²) in [6.45, 7) is 7.40. The smallest absolute Gasteiger partial charge is 0.248 e. The number of methoxy groups -OCH3 is 4. The normalized spacial score (nSPS) is 14.6. The molecular weight excluding hydrogens is 695 g/mol. The Balaban J connectivity index is 1.37. The van der Waals surface area contributed by atoms with Crippen molar-refractivity contribution in [3.63, 3.8) is 0 Å². The zero-order valence-electron chi connectivity index (χ0n) is 31.2. The van der Waals surface area contributed by atoms with E-state index < -0.39 is 12.1 Å². The van der Waals surface area contributed by atoms with Gasteiger partial charge < -0.3 is 39.9 Å². The molecule has 2 heterocycles. The molecule has 5 aromatic rings. The Hall–Kier alpha value is -5.56. The highest BCUT2D eigenvalue weighted by Gasteiger charge is 2.31. The topological polar surface area (TPSA) is 153 Å². The number of nitrogens with zero attached hydrogens (tertiary/aromatic N) is 1. The lowest BCUT2D eigenvalue weighted by Crippen LogP contribution is -2.40. The number of nitrogens with one attached hydrogen (secondary N) is 4. The molecule has 3 unspecified atom stereocenters. The number of carbonyl (C=O) groups excluding carboxylic acids is 2. The molecule has 6 rings (SSSR count). The van der Waals surface area contributed by atoms with E-state index in [1.54, 1.807) is 40.6 Å². The van der Waals surface area contributed by atoms with Crippen LogP contribution in [0.5, 0.6) is 23.0 Å². The van der Waals surface area contributed by atoms with Gasteiger partial charge in [0.2, 0.25) is 23.0 Å². The first-order valence-electron chi connectivity index (χ1n) is 17.5. The largest absolute Gasteiger partial charge is 0.497 e. The minimum atomic E-state index is -0.765. The molecule has 2 amide bonds. The van der Waals surface area contributed by atoms with Crippen LogP contribution in [0.15, 0.2) is 52.6 Å². The first-order valence-corrected chi connectivity index (χ1v) is 18.4. The maximum Gasteiger partial charge on any atom is 0.248 e. The predicted octanol–water partition coefficient (Wildman–Crippen LogP) is 7.25. The lowest BCUT2D eigenvalue weighted by molar-refractivity contribution is -0.120. The maximum atomic E-state index is 14.1. The van der Waals surface area contributed by atoms with Gasteiger partial charge in [-0.1, -0.05) is 26.3 Å². The summed E-state index contributed by atoms with van der Waals surface area (Å²) in [5.41, 5.74) is 6.49. The van der Waals surface area contributed by atoms with Crippen molar-refractivity contribution in [1.82, 2.24) is 15.3 Å². The molecule has 2 aromatic heterocycles. The van der Waals surface area contributed by atoms with Crippen molar-refractivity contribution in [3.05, 3.63) is 74.9 Å². The van der Waals surface area contributed by atoms with E-state index in [4.69, 9.17) is 23.9 Å². The second kappa shape index (κ2) is 15.6. The first kappa shape index (κ1) is 37.2. The summed E-state index contributed by atoms with van der Waals surface area (Å²) in [5.74, 6) is 1.45. The predicted molar refractivity (Wildman–Crippen MR) is 209 cm³/mol. The average molecular weight is 740 g/mol. The van der Waals surface area contributed by atoms with Gasteiger partial charge in [0.15, 0.2) is 16.6 Å². The van der Waals surface area contributed by atoms with Crippen LogP contribution in [0.4, 0.5) is 10.8 Å². The maximum absolute atomic E-state index is 14.1. The van der Waals surface area contributed by atoms with Gasteiger partial charge in [0.25, 0.3) is 0 Å². The van der Waals surface area contributed by atoms with Crippen molar-refractivity contribution in [3.8, 4) is 45.4 Å². The standard InChI is InChI=1S/C40H45N5O7S/c1-9-20(2)36(39(48)45-40-44-31(19-53-40)34-21(3)41-29-14-11-24(49-5)17-27(29)34)43-30-15-12-25-26(18-32(30)47)28(42-22(4)46)13-10-23-16-33(50-6)37(51-7)38(52-8)35(23)25/h11-12,14-20,28,36,41H,9-10,13H2,1-8H3,(H,42,46)(H,43,47)(H,44,45,48). The van der Waals surface area contributed by atoms with E-state index in [-0.39, 0.29) is 28.8 Å². The van der Waals surface area contributed by atoms with Gasteiger partial charge in [0, 0.05) is 40.0 Å². The van der Waals surface area contributed by atoms with Crippen molar-refractivity contribution in [1.29, 1.82) is 0 Å². The summed E-state index contributed by atoms with van der Waals surface area (Å²) in [5, 5.41) is 12.6. The monoisotopic (exact) mass is 739 g/mol. The quantitative estimate of drug-likeness (QED) is 0.104. The average Bonchev–Trinajstić information content (AvgIpc) is 3.65. The van der Waals surface area contributed by atoms with E-state index in [2.05, 4.69) is 20.9 Å². The number of hydrogen-bond donors (Lipinski definition) is 4. The number of carbonyl (C=O) groups is 2. The fourth-order valence-corrected chi connectivity index (χ4v) is 7.79. The van der Waals surface area contributed by atoms with E-state index >= 15 is 0 Å². The van der Waals surface area contributed by atoms with Gasteiger partial charge in [0.05, 0.1) is 45.9 Å². The van der Waals surface area contributed by atoms with E-state index in [0.717, 1.165) is 44.7 Å². The van der Waals surface area contributed by atoms with E-state index in [1.807, 2.05) is 56.5 Å². The fraction of sp³-hybridized carbons (Fsp3) is 0.350. The van der Waals surface area contributed by atoms with Gasteiger partial charge in [-0.05, 0) is 78.8 Å². The van der Waals surface area contributed by atoms with Crippen molar-refractivity contribution in [2.75, 3.05) is 39.1 Å². The van der Waals surface area contributed by atoms with Gasteiger partial charge in [-0.25, -0.2) is 4.98 Å². The van der Waals surface area contributed by atoms with Crippen LogP contribution >= 0.6 is 11.3 Å². The van der Waals surface area contributed by atoms with Crippen molar-refractivity contribution < 1.29 is 28.5 Å². The minimum Gasteiger partial charge on any atom is -0.497 e. The van der Waals surface area contributed by atoms with Crippen LogP contribution in [0.3, 0.4) is 0 Å². The first-order chi connectivity index (χ1) is 25.5. The minimum absolute atomic E-state index is 0.148. The molecule has 1 aliphatic rings. The summed E-state index contributed by atoms with van der Waals surface area (Å²) >= 11 is 1.33. The Morgan fingerprint density at radius 1 is 1.00 bits per heavy atom. The van der Waals surface area contributed by atoms with Gasteiger partial charge in [-0.2, -0.15) is 0 Å². The number of amides is 2. The Morgan fingerprint density at radius 2 is 1.77 bits per heavy atom. The van der Waals surface area contributed by atoms with Gasteiger partial charge in [0.1, 0.15) is 11.8 Å². The molecular formula is C40H45N5O7S. The summed E-state index contributed by atoms with van der Waals surface area (Å²) in [6, 6.07) is 11.6. The van der Waals surface area contributed by atoms with Crippen LogP contribution in [0.2, 0.25) is 0 Å². The fourth-order valence-electron chi connectivity index (χ4n) is 7.09. The van der Waals surface area contributed by atoms with Crippen molar-refractivity contribution in [2.24, 2.45) is 5.92 Å². The molecule has 3 aromatic carbocycles. The Morgan fingerprint density at radius 3 is 2.45 bits per heavy atom. The zero-order valence-corrected chi connectivity index (χ0v) is 32.0. The van der Waals surface area contributed by atoms with E-state index in [0.29, 0.717) is 52.8 Å². The molecule has 278 valence electrons. The van der Waals surface area contributed by atoms with Crippen LogP contribution in [0.1, 0.15) is 56.5 Å². The SMILES string of the molecule is CCC(C)C(Nc1ccc2c(cc1=O)C(NC(C)=O)CCc1cc(OC)c(OC)c(OC)c1-2)C(=O)Nc1nc(-c2c(C)[nH]c3ccc(OC)cc23)cs1. The second-order valence-corrected chi connectivity index (χ2v) is 14.0. The number of aromatic nitrogens is 2. The third-order valence-corrected chi connectivity index (χ3v) is 10.7. The van der Waals surface area contributed by atoms with Gasteiger partial charge in [-0.15, -0.1) is 11.3 Å². The summed E-state index contributed by atoms with van der Waals surface area (Å²) in [7, 11) is 6.30. The number of H-pyrrole nitrogens is 1. The Bertz CT molecular complexity index is 2250. The molecule has 0 fully saturated rings. The molecule has 4 N–H and O–H groups in total. The summed E-state index contributed by atoms with van der Waals surface area (Å²) in [6.07, 6.45) is 1.78. The number of fused-ring (bicyclic) bond motifs is 4. The van der Waals surface area contributed by atoms with Crippen LogP contribution in [-0.4, -0.2) is 56.3 Å². The second-order valence-electron chi connectivity index (χ2n) is 13.2. The molecule has 0 bridgehead atoms. The molecule has 3 atom stereocenters. The molecule has 0 spiro atoms. The van der Waals surface area contributed by atoms with E-state index in [1.165, 1.54) is 18.3 Å². The number of anilines is 2. The molecule has 0 radical (unpaired) electrons. The Labute approximate surface area is 312 Å². The van der Waals surface area contributed by atoms with Gasteiger partial charge >= 0.3 is 0 Å². The molecule has 1 aliphatic carbocycles. The van der Waals surface area contributed by atoms with Crippen LogP contribution < -0.4 is 40.3 Å². The molecule has 13 heteroatoms. The highest BCUT2D eigenvalue weighted by molar-refractivity contribution is 7.14. The zero-order chi connectivity index (χ0) is 38.0. The summed E-state index contributed by atoms with van der Waals surface area (Å²) in [4.78, 5) is 48.6. The van der Waals surface area contributed by atoms with Crippen LogP contribution in [-0.2, 0) is 16.0 Å². The lowest BCUT2D eigenvalue weighted by atomic mass is 9.95.